The molecule has 0 radical (unpaired) electrons. The van der Waals surface area contributed by atoms with Crippen molar-refractivity contribution in [3.05, 3.63) is 74.9 Å². The fourth-order valence-electron chi connectivity index (χ4n) is 3.55. The van der Waals surface area contributed by atoms with Crippen LogP contribution in [0.2, 0.25) is 5.02 Å². The molecule has 1 N–H and O–H groups in total. The van der Waals surface area contributed by atoms with Crippen LogP contribution in [0, 0.1) is 5.92 Å². The molecule has 0 bridgehead atoms. The first-order valence-electron chi connectivity index (χ1n) is 9.82. The zero-order valence-corrected chi connectivity index (χ0v) is 18.3. The highest BCUT2D eigenvalue weighted by Crippen LogP contribution is 2.43. The number of hydrogen-bond donors (Lipinski definition) is 1. The molecule has 1 saturated heterocycles. The van der Waals surface area contributed by atoms with Gasteiger partial charge in [0.25, 0.3) is 0 Å². The van der Waals surface area contributed by atoms with Crippen LogP contribution in [-0.4, -0.2) is 29.1 Å². The Kier molecular flexibility index (Phi) is 6.46. The maximum absolute atomic E-state index is 13.5. The van der Waals surface area contributed by atoms with Crippen molar-refractivity contribution >= 4 is 28.9 Å². The minimum absolute atomic E-state index is 0.0112. The van der Waals surface area contributed by atoms with E-state index >= 15 is 0 Å². The highest BCUT2D eigenvalue weighted by molar-refractivity contribution is 7.12. The molecule has 9 heteroatoms. The molecule has 168 valence electrons. The summed E-state index contributed by atoms with van der Waals surface area (Å²) in [5.41, 5.74) is 1.49. The van der Waals surface area contributed by atoms with Crippen LogP contribution in [0.15, 0.2) is 54.6 Å². The summed E-state index contributed by atoms with van der Waals surface area (Å²) in [6.45, 7) is 1.48. The summed E-state index contributed by atoms with van der Waals surface area (Å²) >= 11 is 7.01. The Balaban J connectivity index is 1.43. The Hall–Kier alpha value is -2.55. The number of ether oxygens (including phenoxy) is 1. The maximum Gasteiger partial charge on any atom is 0.426 e. The van der Waals surface area contributed by atoms with Gasteiger partial charge in [0.2, 0.25) is 0 Å². The van der Waals surface area contributed by atoms with Gasteiger partial charge < -0.3 is 9.84 Å². The van der Waals surface area contributed by atoms with E-state index in [0.29, 0.717) is 52.2 Å². The number of benzene rings is 2. The van der Waals surface area contributed by atoms with Crippen LogP contribution in [-0.2, 0) is 24.1 Å². The molecule has 1 aromatic heterocycles. The maximum atomic E-state index is 13.5. The molecule has 0 spiro atoms. The van der Waals surface area contributed by atoms with Crippen LogP contribution >= 0.6 is 22.9 Å². The largest absolute Gasteiger partial charge is 0.488 e. The number of aliphatic carboxylic acids is 1. The van der Waals surface area contributed by atoms with Crippen LogP contribution < -0.4 is 4.74 Å². The van der Waals surface area contributed by atoms with E-state index in [1.165, 1.54) is 6.07 Å². The number of halogens is 4. The molecule has 1 aliphatic heterocycles. The van der Waals surface area contributed by atoms with Crippen molar-refractivity contribution in [3.63, 3.8) is 0 Å². The first-order chi connectivity index (χ1) is 15.2. The molecule has 32 heavy (non-hydrogen) atoms. The average molecular weight is 482 g/mol. The number of alkyl halides is 3. The van der Waals surface area contributed by atoms with Gasteiger partial charge in [-0.3, -0.25) is 9.69 Å². The van der Waals surface area contributed by atoms with Crippen LogP contribution in [0.3, 0.4) is 0 Å². The smallest absolute Gasteiger partial charge is 0.426 e. The summed E-state index contributed by atoms with van der Waals surface area (Å²) in [4.78, 5) is 12.7. The molecule has 3 aromatic rings. The fourth-order valence-corrected chi connectivity index (χ4v) is 4.74. The molecule has 4 nitrogen and oxygen atoms in total. The van der Waals surface area contributed by atoms with Gasteiger partial charge in [0.05, 0.1) is 5.92 Å². The summed E-state index contributed by atoms with van der Waals surface area (Å²) in [6, 6.07) is 15.1. The number of carboxylic acids is 1. The van der Waals surface area contributed by atoms with Crippen LogP contribution in [0.25, 0.3) is 11.1 Å². The lowest BCUT2D eigenvalue weighted by Crippen LogP contribution is -2.49. The number of rotatable bonds is 7. The number of carboxylic acid groups (broad SMARTS) is 1. The normalized spacial score (nSPS) is 14.9. The van der Waals surface area contributed by atoms with Gasteiger partial charge in [0.1, 0.15) is 17.2 Å². The Bertz CT molecular complexity index is 1110. The number of carbonyl (C=O) groups is 1. The van der Waals surface area contributed by atoms with Gasteiger partial charge in [-0.15, -0.1) is 11.3 Å². The molecule has 0 unspecified atom stereocenters. The van der Waals surface area contributed by atoms with Crippen molar-refractivity contribution in [1.82, 2.24) is 4.90 Å². The third-order valence-electron chi connectivity index (χ3n) is 5.23. The van der Waals surface area contributed by atoms with Gasteiger partial charge in [0.15, 0.2) is 0 Å². The monoisotopic (exact) mass is 481 g/mol. The van der Waals surface area contributed by atoms with Gasteiger partial charge in [0, 0.05) is 35.1 Å². The van der Waals surface area contributed by atoms with E-state index in [-0.39, 0.29) is 18.1 Å². The molecule has 4 rings (SSSR count). The van der Waals surface area contributed by atoms with Crippen LogP contribution in [0.5, 0.6) is 5.75 Å². The predicted octanol–water partition coefficient (Wildman–Crippen LogP) is 6.18. The third kappa shape index (κ3) is 5.09. The highest BCUT2D eigenvalue weighted by atomic mass is 35.5. The lowest BCUT2D eigenvalue weighted by Gasteiger charge is -2.36. The van der Waals surface area contributed by atoms with Crippen molar-refractivity contribution in [2.45, 2.75) is 19.3 Å². The molecular weight excluding hydrogens is 463 g/mol. The standard InChI is InChI=1S/C23H19ClF3NO3S/c24-20-8-17(7-6-15(20)10-28-11-16(12-28)22(29)30)31-13-18-9-19(14-4-2-1-3-5-14)21(32-18)23(25,26)27/h1-9,16H,10-13H2,(H,29,30). The topological polar surface area (TPSA) is 49.8 Å². The average Bonchev–Trinajstić information content (AvgIpc) is 3.15. The molecule has 0 amide bonds. The quantitative estimate of drug-likeness (QED) is 0.437. The van der Waals surface area contributed by atoms with E-state index in [9.17, 15) is 18.0 Å². The van der Waals surface area contributed by atoms with Gasteiger partial charge in [-0.25, -0.2) is 0 Å². The summed E-state index contributed by atoms with van der Waals surface area (Å²) < 4.78 is 46.3. The molecule has 1 aliphatic rings. The summed E-state index contributed by atoms with van der Waals surface area (Å²) in [7, 11) is 0. The summed E-state index contributed by atoms with van der Waals surface area (Å²) in [5.74, 6) is -0.688. The molecule has 0 saturated carbocycles. The van der Waals surface area contributed by atoms with E-state index in [1.54, 1.807) is 48.5 Å². The number of hydrogen-bond acceptors (Lipinski definition) is 4. The van der Waals surface area contributed by atoms with E-state index < -0.39 is 17.0 Å². The SMILES string of the molecule is O=C(O)C1CN(Cc2ccc(OCc3cc(-c4ccccc4)c(C(F)(F)F)s3)cc2Cl)C1. The molecule has 0 aliphatic carbocycles. The molecule has 0 atom stereocenters. The molecule has 2 aromatic carbocycles. The minimum Gasteiger partial charge on any atom is -0.488 e. The summed E-state index contributed by atoms with van der Waals surface area (Å²) in [5, 5.41) is 9.42. The van der Waals surface area contributed by atoms with Crippen molar-refractivity contribution in [3.8, 4) is 16.9 Å². The predicted molar refractivity (Wildman–Crippen MR) is 117 cm³/mol. The second-order valence-corrected chi connectivity index (χ2v) is 9.13. The Morgan fingerprint density at radius 2 is 1.88 bits per heavy atom. The van der Waals surface area contributed by atoms with Crippen LogP contribution in [0.4, 0.5) is 13.2 Å². The van der Waals surface area contributed by atoms with Crippen molar-refractivity contribution in [1.29, 1.82) is 0 Å². The van der Waals surface area contributed by atoms with Crippen LogP contribution in [0.1, 0.15) is 15.3 Å². The van der Waals surface area contributed by atoms with Crippen molar-refractivity contribution in [2.75, 3.05) is 13.1 Å². The molecule has 1 fully saturated rings. The lowest BCUT2D eigenvalue weighted by atomic mass is 9.99. The first kappa shape index (κ1) is 22.6. The lowest BCUT2D eigenvalue weighted by molar-refractivity contribution is -0.147. The summed E-state index contributed by atoms with van der Waals surface area (Å²) in [6.07, 6.45) is -4.45. The van der Waals surface area contributed by atoms with E-state index in [4.69, 9.17) is 21.4 Å². The fraction of sp³-hybridized carbons (Fsp3) is 0.261. The zero-order chi connectivity index (χ0) is 22.9. The van der Waals surface area contributed by atoms with Gasteiger partial charge in [-0.1, -0.05) is 48.0 Å². The minimum atomic E-state index is -4.45. The number of thiophene rings is 1. The zero-order valence-electron chi connectivity index (χ0n) is 16.7. The third-order valence-corrected chi connectivity index (χ3v) is 6.74. The molecule has 2 heterocycles. The Labute approximate surface area is 191 Å². The first-order valence-corrected chi connectivity index (χ1v) is 11.0. The highest BCUT2D eigenvalue weighted by Gasteiger charge is 2.36. The number of nitrogens with zero attached hydrogens (tertiary/aromatic N) is 1. The van der Waals surface area contributed by atoms with Gasteiger partial charge >= 0.3 is 12.1 Å². The van der Waals surface area contributed by atoms with E-state index in [0.717, 1.165) is 5.56 Å². The molecular formula is C23H19ClF3NO3S. The number of likely N-dealkylation sites (tertiary alicyclic amines) is 1. The van der Waals surface area contributed by atoms with Crippen molar-refractivity contribution < 1.29 is 27.8 Å². The van der Waals surface area contributed by atoms with E-state index in [1.807, 2.05) is 4.90 Å². The second-order valence-electron chi connectivity index (χ2n) is 7.59. The van der Waals surface area contributed by atoms with Crippen molar-refractivity contribution in [2.24, 2.45) is 5.92 Å². The van der Waals surface area contributed by atoms with Gasteiger partial charge in [-0.05, 0) is 29.3 Å². The van der Waals surface area contributed by atoms with Gasteiger partial charge in [-0.2, -0.15) is 13.2 Å². The Morgan fingerprint density at radius 3 is 2.50 bits per heavy atom. The van der Waals surface area contributed by atoms with E-state index in [2.05, 4.69) is 0 Å². The Morgan fingerprint density at radius 1 is 1.16 bits per heavy atom. The second kappa shape index (κ2) is 9.13.